The van der Waals surface area contributed by atoms with Crippen molar-refractivity contribution in [1.82, 2.24) is 0 Å². The van der Waals surface area contributed by atoms with Crippen molar-refractivity contribution in [3.63, 3.8) is 0 Å². The van der Waals surface area contributed by atoms with Gasteiger partial charge in [0.1, 0.15) is 11.9 Å². The smallest absolute Gasteiger partial charge is 0.406 e. The second-order valence-corrected chi connectivity index (χ2v) is 4.26. The summed E-state index contributed by atoms with van der Waals surface area (Å²) in [5.41, 5.74) is 6.50. The summed E-state index contributed by atoms with van der Waals surface area (Å²) in [7, 11) is 0. The molecule has 0 bridgehead atoms. The molecule has 0 fully saturated rings. The van der Waals surface area contributed by atoms with Crippen LogP contribution in [-0.2, 0) is 12.8 Å². The Morgan fingerprint density at radius 1 is 1.21 bits per heavy atom. The van der Waals surface area contributed by atoms with E-state index in [9.17, 15) is 17.6 Å². The van der Waals surface area contributed by atoms with Crippen LogP contribution in [0.2, 0.25) is 0 Å². The van der Waals surface area contributed by atoms with Gasteiger partial charge in [-0.1, -0.05) is 13.0 Å². The molecular weight excluding hydrogens is 262 g/mol. The highest BCUT2D eigenvalue weighted by molar-refractivity contribution is 5.34. The lowest BCUT2D eigenvalue weighted by atomic mass is 10.0. The van der Waals surface area contributed by atoms with E-state index < -0.39 is 12.5 Å². The largest absolute Gasteiger partial charge is 0.573 e. The normalized spacial score (nSPS) is 13.4. The molecule has 0 heterocycles. The van der Waals surface area contributed by atoms with E-state index in [4.69, 9.17) is 5.73 Å². The fourth-order valence-corrected chi connectivity index (χ4v) is 1.71. The molecule has 1 rings (SSSR count). The highest BCUT2D eigenvalue weighted by Crippen LogP contribution is 2.26. The molecule has 0 radical (unpaired) electrons. The number of alkyl halides is 4. The Morgan fingerprint density at radius 3 is 2.37 bits per heavy atom. The summed E-state index contributed by atoms with van der Waals surface area (Å²) >= 11 is 0. The molecule has 1 aromatic rings. The van der Waals surface area contributed by atoms with Crippen molar-refractivity contribution in [2.75, 3.05) is 6.54 Å². The number of ether oxygens (including phenoxy) is 1. The molecule has 6 heteroatoms. The third kappa shape index (κ3) is 5.92. The first-order valence-electron chi connectivity index (χ1n) is 6.06. The second-order valence-electron chi connectivity index (χ2n) is 4.26. The maximum absolute atomic E-state index is 13.0. The lowest BCUT2D eigenvalue weighted by Crippen LogP contribution is -2.18. The number of hydrogen-bond donors (Lipinski definition) is 1. The molecule has 0 aromatic heterocycles. The van der Waals surface area contributed by atoms with Crippen LogP contribution in [0.15, 0.2) is 18.2 Å². The zero-order chi connectivity index (χ0) is 14.5. The van der Waals surface area contributed by atoms with Gasteiger partial charge in [-0.25, -0.2) is 4.39 Å². The van der Waals surface area contributed by atoms with E-state index in [1.807, 2.05) is 6.92 Å². The average molecular weight is 279 g/mol. The van der Waals surface area contributed by atoms with E-state index in [1.54, 1.807) is 6.07 Å². The maximum atomic E-state index is 13.0. The standard InChI is InChI=1S/C13H17F4NO/c1-2-9-5-10(3-4-11(14)8-18)7-12(6-9)19-13(15,16)17/h5-7,11H,2-4,8,18H2,1H3/t11-/m0/s1. The second kappa shape index (κ2) is 6.75. The van der Waals surface area contributed by atoms with E-state index in [1.165, 1.54) is 12.1 Å². The molecule has 0 aliphatic rings. The molecule has 0 saturated heterocycles. The van der Waals surface area contributed by atoms with E-state index in [0.29, 0.717) is 18.4 Å². The molecule has 19 heavy (non-hydrogen) atoms. The molecule has 0 unspecified atom stereocenters. The number of rotatable bonds is 6. The first-order valence-corrected chi connectivity index (χ1v) is 6.06. The molecule has 0 aliphatic carbocycles. The van der Waals surface area contributed by atoms with E-state index in [0.717, 1.165) is 5.56 Å². The summed E-state index contributed by atoms with van der Waals surface area (Å²) in [4.78, 5) is 0. The molecule has 1 aromatic carbocycles. The average Bonchev–Trinajstić information content (AvgIpc) is 2.33. The van der Waals surface area contributed by atoms with Crippen LogP contribution in [0, 0.1) is 0 Å². The Bertz CT molecular complexity index is 406. The molecule has 2 N–H and O–H groups in total. The van der Waals surface area contributed by atoms with Gasteiger partial charge in [0.25, 0.3) is 0 Å². The van der Waals surface area contributed by atoms with Crippen molar-refractivity contribution in [3.8, 4) is 5.75 Å². The molecule has 0 amide bonds. The minimum absolute atomic E-state index is 0.0840. The summed E-state index contributed by atoms with van der Waals surface area (Å²) in [5.74, 6) is -0.259. The third-order valence-corrected chi connectivity index (χ3v) is 2.67. The van der Waals surface area contributed by atoms with Crippen LogP contribution >= 0.6 is 0 Å². The zero-order valence-electron chi connectivity index (χ0n) is 10.6. The number of halogens is 4. The van der Waals surface area contributed by atoms with Crippen molar-refractivity contribution in [3.05, 3.63) is 29.3 Å². The van der Waals surface area contributed by atoms with E-state index in [2.05, 4.69) is 4.74 Å². The van der Waals surface area contributed by atoms with Gasteiger partial charge in [-0.2, -0.15) is 0 Å². The van der Waals surface area contributed by atoms with Crippen molar-refractivity contribution in [2.45, 2.75) is 38.7 Å². The van der Waals surface area contributed by atoms with Gasteiger partial charge in [-0.3, -0.25) is 0 Å². The summed E-state index contributed by atoms with van der Waals surface area (Å²) in [6.45, 7) is 1.74. The Labute approximate surface area is 109 Å². The lowest BCUT2D eigenvalue weighted by molar-refractivity contribution is -0.274. The van der Waals surface area contributed by atoms with E-state index in [-0.39, 0.29) is 18.7 Å². The fraction of sp³-hybridized carbons (Fsp3) is 0.538. The minimum Gasteiger partial charge on any atom is -0.406 e. The Morgan fingerprint density at radius 2 is 1.84 bits per heavy atom. The van der Waals surface area contributed by atoms with Gasteiger partial charge < -0.3 is 10.5 Å². The Hall–Kier alpha value is -1.30. The number of aryl methyl sites for hydroxylation is 2. The fourth-order valence-electron chi connectivity index (χ4n) is 1.71. The molecule has 0 saturated carbocycles. The van der Waals surface area contributed by atoms with Crippen molar-refractivity contribution >= 4 is 0 Å². The van der Waals surface area contributed by atoms with Gasteiger partial charge in [-0.05, 0) is 42.5 Å². The minimum atomic E-state index is -4.72. The van der Waals surface area contributed by atoms with Gasteiger partial charge in [0.15, 0.2) is 0 Å². The van der Waals surface area contributed by atoms with Crippen LogP contribution in [0.1, 0.15) is 24.5 Å². The lowest BCUT2D eigenvalue weighted by Gasteiger charge is -2.12. The first kappa shape index (κ1) is 15.8. The van der Waals surface area contributed by atoms with Crippen molar-refractivity contribution < 1.29 is 22.3 Å². The SMILES string of the molecule is CCc1cc(CC[C@H](F)CN)cc(OC(F)(F)F)c1. The van der Waals surface area contributed by atoms with Crippen LogP contribution in [0.4, 0.5) is 17.6 Å². The molecule has 1 atom stereocenters. The van der Waals surface area contributed by atoms with Crippen LogP contribution in [-0.4, -0.2) is 19.1 Å². The topological polar surface area (TPSA) is 35.2 Å². The number of benzene rings is 1. The highest BCUT2D eigenvalue weighted by atomic mass is 19.4. The quantitative estimate of drug-likeness (QED) is 0.810. The number of nitrogens with two attached hydrogens (primary N) is 1. The predicted octanol–water partition coefficient (Wildman–Crippen LogP) is 3.38. The third-order valence-electron chi connectivity index (χ3n) is 2.67. The van der Waals surface area contributed by atoms with Crippen LogP contribution in [0.5, 0.6) is 5.75 Å². The van der Waals surface area contributed by atoms with E-state index >= 15 is 0 Å². The van der Waals surface area contributed by atoms with Gasteiger partial charge in [-0.15, -0.1) is 13.2 Å². The Balaban J connectivity index is 2.83. The molecule has 0 spiro atoms. The van der Waals surface area contributed by atoms with Gasteiger partial charge in [0, 0.05) is 6.54 Å². The summed E-state index contributed by atoms with van der Waals surface area (Å²) < 4.78 is 53.5. The number of hydrogen-bond acceptors (Lipinski definition) is 2. The monoisotopic (exact) mass is 279 g/mol. The highest BCUT2D eigenvalue weighted by Gasteiger charge is 2.31. The maximum Gasteiger partial charge on any atom is 0.573 e. The molecule has 0 aliphatic heterocycles. The predicted molar refractivity (Wildman–Crippen MR) is 64.8 cm³/mol. The van der Waals surface area contributed by atoms with Crippen LogP contribution < -0.4 is 10.5 Å². The zero-order valence-corrected chi connectivity index (χ0v) is 10.6. The van der Waals surface area contributed by atoms with Gasteiger partial charge >= 0.3 is 6.36 Å². The van der Waals surface area contributed by atoms with Gasteiger partial charge in [0.05, 0.1) is 0 Å². The molecular formula is C13H17F4NO. The van der Waals surface area contributed by atoms with Crippen LogP contribution in [0.25, 0.3) is 0 Å². The summed E-state index contributed by atoms with van der Waals surface area (Å²) in [5, 5.41) is 0. The Kier molecular flexibility index (Phi) is 5.60. The van der Waals surface area contributed by atoms with Crippen molar-refractivity contribution in [2.24, 2.45) is 5.73 Å². The molecule has 2 nitrogen and oxygen atoms in total. The summed E-state index contributed by atoms with van der Waals surface area (Å²) in [6, 6.07) is 4.38. The first-order chi connectivity index (χ1) is 8.84. The van der Waals surface area contributed by atoms with Crippen molar-refractivity contribution in [1.29, 1.82) is 0 Å². The summed E-state index contributed by atoms with van der Waals surface area (Å²) in [6.07, 6.45) is -4.76. The van der Waals surface area contributed by atoms with Gasteiger partial charge in [0.2, 0.25) is 0 Å². The van der Waals surface area contributed by atoms with Crippen LogP contribution in [0.3, 0.4) is 0 Å². The molecule has 108 valence electrons.